The monoisotopic (exact) mass is 423 g/mol. The molecular formula is C23H22ClN3O3. The quantitative estimate of drug-likeness (QED) is 0.452. The zero-order valence-electron chi connectivity index (χ0n) is 16.7. The molecule has 30 heavy (non-hydrogen) atoms. The maximum absolute atomic E-state index is 13.0. The Morgan fingerprint density at radius 1 is 1.10 bits per heavy atom. The summed E-state index contributed by atoms with van der Waals surface area (Å²) >= 11 is 5.81. The number of imide groups is 2. The van der Waals surface area contributed by atoms with E-state index in [-0.39, 0.29) is 5.57 Å². The summed E-state index contributed by atoms with van der Waals surface area (Å²) in [7, 11) is 0. The number of rotatable bonds is 5. The summed E-state index contributed by atoms with van der Waals surface area (Å²) in [5, 5.41) is 2.26. The van der Waals surface area contributed by atoms with Gasteiger partial charge in [0.15, 0.2) is 0 Å². The number of alkyl halides is 1. The fourth-order valence-corrected chi connectivity index (χ4v) is 3.93. The van der Waals surface area contributed by atoms with Crippen molar-refractivity contribution in [2.24, 2.45) is 0 Å². The van der Waals surface area contributed by atoms with Crippen molar-refractivity contribution in [3.05, 3.63) is 64.7 Å². The molecule has 0 saturated carbocycles. The van der Waals surface area contributed by atoms with Crippen LogP contribution in [0.2, 0.25) is 0 Å². The van der Waals surface area contributed by atoms with Gasteiger partial charge in [-0.2, -0.15) is 0 Å². The van der Waals surface area contributed by atoms with E-state index in [2.05, 4.69) is 10.2 Å². The Kier molecular flexibility index (Phi) is 5.59. The average Bonchev–Trinajstić information content (AvgIpc) is 3.13. The van der Waals surface area contributed by atoms with E-state index in [1.165, 1.54) is 5.56 Å². The number of carbonyl (C=O) groups excluding carboxylic acids is 3. The molecule has 2 aliphatic rings. The first-order valence-corrected chi connectivity index (χ1v) is 10.4. The maximum atomic E-state index is 13.0. The van der Waals surface area contributed by atoms with Crippen LogP contribution in [0.15, 0.2) is 48.0 Å². The van der Waals surface area contributed by atoms with Gasteiger partial charge in [-0.15, -0.1) is 11.6 Å². The third kappa shape index (κ3) is 3.83. The minimum Gasteiger partial charge on any atom is -0.371 e. The van der Waals surface area contributed by atoms with Crippen LogP contribution in [0.5, 0.6) is 0 Å². The van der Waals surface area contributed by atoms with E-state index in [1.807, 2.05) is 37.3 Å². The third-order valence-electron chi connectivity index (χ3n) is 5.36. The molecule has 0 bridgehead atoms. The molecule has 0 aliphatic carbocycles. The van der Waals surface area contributed by atoms with E-state index < -0.39 is 17.8 Å². The number of urea groups is 1. The van der Waals surface area contributed by atoms with Gasteiger partial charge in [0.05, 0.1) is 5.69 Å². The lowest BCUT2D eigenvalue weighted by Gasteiger charge is -2.26. The van der Waals surface area contributed by atoms with Gasteiger partial charge in [0.25, 0.3) is 11.8 Å². The molecule has 0 unspecified atom stereocenters. The molecule has 0 spiro atoms. The normalized spacial score (nSPS) is 17.5. The number of hydrogen-bond acceptors (Lipinski definition) is 4. The first-order valence-electron chi connectivity index (χ1n) is 9.90. The van der Waals surface area contributed by atoms with Crippen molar-refractivity contribution < 1.29 is 14.4 Å². The zero-order valence-corrected chi connectivity index (χ0v) is 17.4. The Bertz CT molecular complexity index is 1050. The highest BCUT2D eigenvalue weighted by Crippen LogP contribution is 2.30. The highest BCUT2D eigenvalue weighted by Gasteiger charge is 2.36. The largest absolute Gasteiger partial charge is 0.371 e. The molecule has 2 heterocycles. The summed E-state index contributed by atoms with van der Waals surface area (Å²) in [6.45, 7) is 3.76. The van der Waals surface area contributed by atoms with E-state index in [4.69, 9.17) is 11.6 Å². The standard InChI is InChI=1S/C23H22ClN3O3/c1-15-3-6-18(7-4-15)27-22(29)19(21(28)25-23(27)30)14-16-5-8-20-17(13-16)9-12-26(20)11-2-10-24/h3-8,13-14H,2,9-12H2,1H3,(H,25,28,30)/b19-14+. The van der Waals surface area contributed by atoms with Crippen molar-refractivity contribution in [1.29, 1.82) is 0 Å². The van der Waals surface area contributed by atoms with Crippen molar-refractivity contribution >= 4 is 46.9 Å². The SMILES string of the molecule is Cc1ccc(N2C(=O)NC(=O)/C(=C\c3ccc4c(c3)CCN4CCCCl)C2=O)cc1. The van der Waals surface area contributed by atoms with Crippen LogP contribution in [0, 0.1) is 6.92 Å². The van der Waals surface area contributed by atoms with E-state index in [9.17, 15) is 14.4 Å². The number of halogens is 1. The third-order valence-corrected chi connectivity index (χ3v) is 5.63. The van der Waals surface area contributed by atoms with E-state index in [0.717, 1.165) is 47.6 Å². The van der Waals surface area contributed by atoms with Gasteiger partial charge in [-0.25, -0.2) is 9.69 Å². The fourth-order valence-electron chi connectivity index (χ4n) is 3.82. The maximum Gasteiger partial charge on any atom is 0.335 e. The second-order valence-corrected chi connectivity index (χ2v) is 7.84. The summed E-state index contributed by atoms with van der Waals surface area (Å²) in [6, 6.07) is 12.1. The lowest BCUT2D eigenvalue weighted by atomic mass is 10.0. The summed E-state index contributed by atoms with van der Waals surface area (Å²) in [5.41, 5.74) is 4.46. The van der Waals surface area contributed by atoms with Crippen LogP contribution in [0.25, 0.3) is 6.08 Å². The van der Waals surface area contributed by atoms with Crippen LogP contribution in [0.4, 0.5) is 16.2 Å². The van der Waals surface area contributed by atoms with Crippen molar-refractivity contribution in [3.8, 4) is 0 Å². The number of nitrogens with one attached hydrogen (secondary N) is 1. The van der Waals surface area contributed by atoms with Gasteiger partial charge >= 0.3 is 6.03 Å². The molecule has 2 aromatic rings. The smallest absolute Gasteiger partial charge is 0.335 e. The average molecular weight is 424 g/mol. The Hall–Kier alpha value is -3.12. The van der Waals surface area contributed by atoms with Gasteiger partial charge in [0, 0.05) is 24.7 Å². The molecule has 2 aliphatic heterocycles. The molecule has 2 aromatic carbocycles. The van der Waals surface area contributed by atoms with Crippen molar-refractivity contribution in [2.75, 3.05) is 28.8 Å². The molecule has 1 N–H and O–H groups in total. The first kappa shape index (κ1) is 20.2. The number of nitrogens with zero attached hydrogens (tertiary/aromatic N) is 2. The molecule has 1 saturated heterocycles. The highest BCUT2D eigenvalue weighted by atomic mass is 35.5. The number of carbonyl (C=O) groups is 3. The summed E-state index contributed by atoms with van der Waals surface area (Å²) in [5.74, 6) is -0.682. The number of hydrogen-bond donors (Lipinski definition) is 1. The zero-order chi connectivity index (χ0) is 21.3. The summed E-state index contributed by atoms with van der Waals surface area (Å²) in [4.78, 5) is 41.0. The number of aryl methyl sites for hydroxylation is 1. The molecule has 1 fully saturated rings. The number of fused-ring (bicyclic) bond motifs is 1. The number of barbiturate groups is 1. The summed E-state index contributed by atoms with van der Waals surface area (Å²) in [6.07, 6.45) is 3.38. The van der Waals surface area contributed by atoms with Crippen LogP contribution in [-0.2, 0) is 16.0 Å². The lowest BCUT2D eigenvalue weighted by Crippen LogP contribution is -2.54. The van der Waals surface area contributed by atoms with Crippen LogP contribution >= 0.6 is 11.6 Å². The Labute approximate surface area is 180 Å². The molecule has 6 nitrogen and oxygen atoms in total. The van der Waals surface area contributed by atoms with Crippen LogP contribution in [-0.4, -0.2) is 36.8 Å². The van der Waals surface area contributed by atoms with Crippen LogP contribution in [0.1, 0.15) is 23.1 Å². The van der Waals surface area contributed by atoms with E-state index in [0.29, 0.717) is 11.6 Å². The van der Waals surface area contributed by atoms with E-state index >= 15 is 0 Å². The molecule has 4 rings (SSSR count). The van der Waals surface area contributed by atoms with Crippen molar-refractivity contribution in [3.63, 3.8) is 0 Å². The summed E-state index contributed by atoms with van der Waals surface area (Å²) < 4.78 is 0. The number of amides is 4. The molecule has 4 amide bonds. The lowest BCUT2D eigenvalue weighted by molar-refractivity contribution is -0.122. The van der Waals surface area contributed by atoms with Crippen LogP contribution in [0.3, 0.4) is 0 Å². The predicted octanol–water partition coefficient (Wildman–Crippen LogP) is 3.65. The Morgan fingerprint density at radius 3 is 2.60 bits per heavy atom. The van der Waals surface area contributed by atoms with Crippen LogP contribution < -0.4 is 15.1 Å². The topological polar surface area (TPSA) is 69.7 Å². The Morgan fingerprint density at radius 2 is 1.87 bits per heavy atom. The molecule has 0 aromatic heterocycles. The molecule has 7 heteroatoms. The van der Waals surface area contributed by atoms with Crippen molar-refractivity contribution in [2.45, 2.75) is 19.8 Å². The Balaban J connectivity index is 1.62. The highest BCUT2D eigenvalue weighted by molar-refractivity contribution is 6.39. The van der Waals surface area contributed by atoms with Gasteiger partial charge in [-0.05, 0) is 61.2 Å². The minimum atomic E-state index is -0.741. The number of anilines is 2. The molecule has 0 atom stereocenters. The van der Waals surface area contributed by atoms with Crippen molar-refractivity contribution in [1.82, 2.24) is 5.32 Å². The molecule has 154 valence electrons. The van der Waals surface area contributed by atoms with Gasteiger partial charge in [0.1, 0.15) is 5.57 Å². The second-order valence-electron chi connectivity index (χ2n) is 7.46. The second kappa shape index (κ2) is 8.32. The predicted molar refractivity (Wildman–Crippen MR) is 118 cm³/mol. The van der Waals surface area contributed by atoms with E-state index in [1.54, 1.807) is 18.2 Å². The molecule has 0 radical (unpaired) electrons. The first-order chi connectivity index (χ1) is 14.5. The minimum absolute atomic E-state index is 0.0629. The van der Waals surface area contributed by atoms with Gasteiger partial charge < -0.3 is 4.90 Å². The van der Waals surface area contributed by atoms with Gasteiger partial charge in [0.2, 0.25) is 0 Å². The fraction of sp³-hybridized carbons (Fsp3) is 0.261. The van der Waals surface area contributed by atoms with Gasteiger partial charge in [-0.1, -0.05) is 23.8 Å². The molecular weight excluding hydrogens is 402 g/mol. The van der Waals surface area contributed by atoms with Gasteiger partial charge in [-0.3, -0.25) is 14.9 Å². The number of benzene rings is 2.